The predicted molar refractivity (Wildman–Crippen MR) is 453 cm³/mol. The number of urea groups is 1. The van der Waals surface area contributed by atoms with Gasteiger partial charge in [-0.15, -0.1) is 0 Å². The number of rotatable bonds is 53. The highest BCUT2D eigenvalue weighted by Gasteiger charge is 2.46. The van der Waals surface area contributed by atoms with Gasteiger partial charge in [-0.2, -0.15) is 4.58 Å². The molecule has 6 amide bonds. The molecule has 29 heteroatoms. The number of amides is 6. The van der Waals surface area contributed by atoms with Gasteiger partial charge in [0.1, 0.15) is 30.1 Å². The van der Waals surface area contributed by atoms with Crippen molar-refractivity contribution >= 4 is 98.1 Å². The molecule has 640 valence electrons. The van der Waals surface area contributed by atoms with Crippen molar-refractivity contribution in [2.75, 3.05) is 97.3 Å². The summed E-state index contributed by atoms with van der Waals surface area (Å²) in [5.74, 6) is -7.30. The first-order valence-electron chi connectivity index (χ1n) is 41.0. The normalized spacial score (nSPS) is 14.2. The molecular formula is C90H117N10O19+. The van der Waals surface area contributed by atoms with E-state index in [0.717, 1.165) is 31.4 Å². The zero-order valence-electron chi connectivity index (χ0n) is 68.9. The number of carbonyl (C=O) groups is 10. The molecule has 13 N–H and O–H groups in total. The molecule has 0 aromatic heterocycles. The number of aromatic hydroxyl groups is 2. The molecule has 2 atom stereocenters. The molecule has 2 heterocycles. The lowest BCUT2D eigenvalue weighted by Gasteiger charge is -2.26. The largest absolute Gasteiger partial charge is 0.508 e. The minimum Gasteiger partial charge on any atom is -0.508 e. The number of phenols is 2. The third kappa shape index (κ3) is 28.9. The molecule has 2 unspecified atom stereocenters. The second kappa shape index (κ2) is 46.6. The first kappa shape index (κ1) is 93.0. The Labute approximate surface area is 694 Å². The van der Waals surface area contributed by atoms with Gasteiger partial charge in [0.05, 0.1) is 44.9 Å². The minimum absolute atomic E-state index is 0.0153. The van der Waals surface area contributed by atoms with Crippen LogP contribution in [0.4, 0.5) is 16.2 Å². The van der Waals surface area contributed by atoms with E-state index in [1.807, 2.05) is 0 Å². The number of carbonyl (C=O) groups excluding carboxylic acids is 5. The van der Waals surface area contributed by atoms with Crippen LogP contribution in [0.2, 0.25) is 0 Å². The van der Waals surface area contributed by atoms with Crippen molar-refractivity contribution in [1.29, 1.82) is 0 Å². The van der Waals surface area contributed by atoms with Crippen molar-refractivity contribution in [3.8, 4) is 11.5 Å². The van der Waals surface area contributed by atoms with Crippen LogP contribution in [0, 0.1) is 0 Å². The van der Waals surface area contributed by atoms with Crippen LogP contribution >= 0.6 is 0 Å². The number of carboxylic acids is 5. The van der Waals surface area contributed by atoms with Crippen LogP contribution in [-0.4, -0.2) is 220 Å². The fourth-order valence-electron chi connectivity index (χ4n) is 15.4. The number of nitrogens with zero attached hydrogens (tertiary/aromatic N) is 4. The number of nitrogens with one attached hydrogen (secondary N) is 6. The molecule has 6 aromatic rings. The third-order valence-corrected chi connectivity index (χ3v) is 21.5. The van der Waals surface area contributed by atoms with E-state index in [-0.39, 0.29) is 124 Å². The van der Waals surface area contributed by atoms with Crippen LogP contribution in [0.3, 0.4) is 0 Å². The number of anilines is 1. The van der Waals surface area contributed by atoms with E-state index in [2.05, 4.69) is 179 Å². The Morgan fingerprint density at radius 3 is 1.50 bits per heavy atom. The van der Waals surface area contributed by atoms with E-state index in [4.69, 9.17) is 14.6 Å². The lowest BCUT2D eigenvalue weighted by atomic mass is 9.79. The van der Waals surface area contributed by atoms with Gasteiger partial charge >= 0.3 is 35.9 Å². The number of likely N-dealkylation sites (N-methyl/N-ethyl adjacent to an activating group) is 1. The summed E-state index contributed by atoms with van der Waals surface area (Å²) in [6, 6.07) is 31.8. The molecule has 2 aliphatic rings. The smallest absolute Gasteiger partial charge is 0.326 e. The number of ether oxygens (including phenoxy) is 2. The van der Waals surface area contributed by atoms with Crippen LogP contribution < -0.4 is 36.8 Å². The summed E-state index contributed by atoms with van der Waals surface area (Å²) in [5, 5.41) is 89.8. The summed E-state index contributed by atoms with van der Waals surface area (Å²) in [6.45, 7) is 11.6. The average Bonchev–Trinajstić information content (AvgIpc) is 1.59. The summed E-state index contributed by atoms with van der Waals surface area (Å²) in [6.07, 6.45) is 16.5. The quantitative estimate of drug-likeness (QED) is 0.00958. The van der Waals surface area contributed by atoms with E-state index in [1.54, 1.807) is 29.2 Å². The second-order valence-corrected chi connectivity index (χ2v) is 31.2. The Morgan fingerprint density at radius 1 is 0.487 bits per heavy atom. The zero-order valence-corrected chi connectivity index (χ0v) is 68.9. The van der Waals surface area contributed by atoms with Gasteiger partial charge in [0.25, 0.3) is 0 Å². The number of allylic oxidation sites excluding steroid dienone is 6. The lowest BCUT2D eigenvalue weighted by Crippen LogP contribution is -2.51. The molecule has 2 aliphatic heterocycles. The fraction of sp³-hybridized carbons (Fsp3) is 0.456. The molecule has 0 spiro atoms. The van der Waals surface area contributed by atoms with Gasteiger partial charge in [-0.1, -0.05) is 117 Å². The van der Waals surface area contributed by atoms with Gasteiger partial charge in [0.2, 0.25) is 29.3 Å². The molecule has 0 saturated carbocycles. The fourth-order valence-corrected chi connectivity index (χ4v) is 15.4. The number of unbranched alkanes of at least 4 members (excludes halogenated alkanes) is 5. The van der Waals surface area contributed by atoms with Crippen LogP contribution in [0.5, 0.6) is 11.5 Å². The molecule has 29 nitrogen and oxygen atoms in total. The van der Waals surface area contributed by atoms with Crippen molar-refractivity contribution in [3.63, 3.8) is 0 Å². The molecule has 0 bridgehead atoms. The van der Waals surface area contributed by atoms with Crippen LogP contribution in [0.15, 0.2) is 145 Å². The first-order valence-corrected chi connectivity index (χ1v) is 41.0. The summed E-state index contributed by atoms with van der Waals surface area (Å²) in [7, 11) is 2.15. The predicted octanol–water partition coefficient (Wildman–Crippen LogP) is 10.1. The number of fused-ring (bicyclic) bond motifs is 6. The van der Waals surface area contributed by atoms with Crippen molar-refractivity contribution in [3.05, 3.63) is 179 Å². The Bertz CT molecular complexity index is 4670. The Balaban J connectivity index is 0.667. The summed E-state index contributed by atoms with van der Waals surface area (Å²) >= 11 is 0. The third-order valence-electron chi connectivity index (χ3n) is 21.5. The summed E-state index contributed by atoms with van der Waals surface area (Å²) in [5.41, 5.74) is 9.40. The van der Waals surface area contributed by atoms with E-state index in [1.165, 1.54) is 72.5 Å². The second-order valence-electron chi connectivity index (χ2n) is 31.2. The number of hydrogen-bond donors (Lipinski definition) is 13. The number of aryl methyl sites for hydroxylation is 2. The van der Waals surface area contributed by atoms with E-state index < -0.39 is 73.9 Å². The van der Waals surface area contributed by atoms with Gasteiger partial charge in [0.15, 0.2) is 5.71 Å². The van der Waals surface area contributed by atoms with Gasteiger partial charge in [-0.05, 0) is 147 Å². The molecule has 0 radical (unpaired) electrons. The maximum Gasteiger partial charge on any atom is 0.326 e. The molecule has 6 aromatic carbocycles. The Morgan fingerprint density at radius 2 is 0.975 bits per heavy atom. The zero-order chi connectivity index (χ0) is 86.0. The summed E-state index contributed by atoms with van der Waals surface area (Å²) < 4.78 is 13.8. The highest BCUT2D eigenvalue weighted by molar-refractivity contribution is 6.08. The molecule has 119 heavy (non-hydrogen) atoms. The van der Waals surface area contributed by atoms with Crippen molar-refractivity contribution in [2.24, 2.45) is 0 Å². The number of aliphatic carboxylic acids is 5. The molecule has 0 fully saturated rings. The number of hydrogen-bond acceptors (Lipinski definition) is 17. The van der Waals surface area contributed by atoms with Gasteiger partial charge < -0.3 is 82.0 Å². The van der Waals surface area contributed by atoms with Crippen molar-refractivity contribution in [2.45, 2.75) is 173 Å². The van der Waals surface area contributed by atoms with Crippen LogP contribution in [0.1, 0.15) is 157 Å². The van der Waals surface area contributed by atoms with Gasteiger partial charge in [0, 0.05) is 144 Å². The van der Waals surface area contributed by atoms with Crippen molar-refractivity contribution in [1.82, 2.24) is 41.7 Å². The van der Waals surface area contributed by atoms with Gasteiger partial charge in [-0.25, -0.2) is 14.4 Å². The maximum absolute atomic E-state index is 12.9. The molecule has 0 aliphatic carbocycles. The number of benzene rings is 6. The first-order chi connectivity index (χ1) is 57.0. The highest BCUT2D eigenvalue weighted by Crippen LogP contribution is 2.50. The topological polar surface area (TPSA) is 416 Å². The van der Waals surface area contributed by atoms with Gasteiger partial charge in [-0.3, -0.25) is 43.4 Å². The van der Waals surface area contributed by atoms with Crippen LogP contribution in [-0.2, 0) is 89.4 Å². The molecule has 0 saturated heterocycles. The van der Waals surface area contributed by atoms with E-state index in [0.29, 0.717) is 94.4 Å². The molecule has 8 rings (SSSR count). The standard InChI is InChI=1S/C90H116N10O19/c1-89(2)75(97(5)71-37-34-63-21-13-15-23-67(63)84(71)89)26-9-6-10-27-76-90(3,4)85-68-24-16-14-22-64(68)35-38-72(85)100(76)48-20-8-12-29-78(104)93-46-51-118-53-54-119-52-47-94-80(106)42-33-62-31-40-74(102)66(56-62)58-99(60-83(111)112)50-49-98(59-82(109)110)57-65-55-61(30-39-73(65)101)32-41-79(105)92-44-18-7-11-28-77(103)91-45-19-17-25-69(86(113)114)95-88(117)96-70(87(115)116)36-43-81(107)108/h6,9-10,13-16,21-24,26-27,30-31,34-35,37-40,55-56,69-70H,7-8,11-12,17-20,25,28-29,32-33,36,41-54,57-60H2,1-5H3,(H12-,91,92,93,94,95,96,101,102,103,104,105,106,107,108,109,110,111,112,113,114,115,116,117)/p+1. The highest BCUT2D eigenvalue weighted by atomic mass is 16.5. The average molecular weight is 1640 g/mol. The molecular weight excluding hydrogens is 1530 g/mol. The monoisotopic (exact) mass is 1640 g/mol. The van der Waals surface area contributed by atoms with E-state index >= 15 is 0 Å². The van der Waals surface area contributed by atoms with Crippen molar-refractivity contribution < 1.29 is 97.7 Å². The Kier molecular flexibility index (Phi) is 36.4. The van der Waals surface area contributed by atoms with E-state index in [9.17, 15) is 78.6 Å². The minimum atomic E-state index is -1.53. The Hall–Kier alpha value is -11.5. The van der Waals surface area contributed by atoms with Crippen LogP contribution in [0.25, 0.3) is 21.5 Å². The number of carboxylic acid groups (broad SMARTS) is 5. The number of phenolic OH excluding ortho intramolecular Hbond substituents is 2. The SMILES string of the molecule is CN1/C(=C/C=C/C=C/C2=[N+](CCCCCC(=O)NCCOCCOCCNC(=O)CCc3ccc(O)c(CN(CCN(CC(=O)O)Cc4cc(CCC(=O)NCCCCCC(=O)NCCCCC(NC(=O)NC(CCC(=O)O)C(=O)O)C(=O)O)ccc4O)CC(=O)O)c3)c3ccc4ccccc4c3C2(C)C)C(C)(C)c2c1ccc1ccccc21. The maximum atomic E-state index is 12.9. The summed E-state index contributed by atoms with van der Waals surface area (Å²) in [4.78, 5) is 127. The lowest BCUT2D eigenvalue weighted by molar-refractivity contribution is -0.438.